The summed E-state index contributed by atoms with van der Waals surface area (Å²) in [5.41, 5.74) is 1.66. The van der Waals surface area contributed by atoms with E-state index in [-0.39, 0.29) is 0 Å². The molecule has 2 rings (SSSR count). The minimum atomic E-state index is -0.433. The van der Waals surface area contributed by atoms with Gasteiger partial charge in [-0.3, -0.25) is 4.79 Å². The van der Waals surface area contributed by atoms with Crippen LogP contribution in [-0.2, 0) is 6.42 Å². The number of ether oxygens (including phenoxy) is 1. The van der Waals surface area contributed by atoms with E-state index in [0.717, 1.165) is 30.8 Å². The highest BCUT2D eigenvalue weighted by molar-refractivity contribution is 6.67. The molecule has 1 aromatic carbocycles. The average Bonchev–Trinajstić information content (AvgIpc) is 2.17. The standard InChI is InChI=1S/C10H9ClO2/c11-10(12)8-4-3-7-2-1-5-13-9(7)6-8/h3-4,6H,1-2,5H2. The summed E-state index contributed by atoms with van der Waals surface area (Å²) in [6.45, 7) is 0.729. The Hall–Kier alpha value is -1.02. The van der Waals surface area contributed by atoms with Gasteiger partial charge < -0.3 is 4.74 Å². The van der Waals surface area contributed by atoms with E-state index in [1.54, 1.807) is 12.1 Å². The molecule has 0 aliphatic carbocycles. The van der Waals surface area contributed by atoms with E-state index < -0.39 is 5.24 Å². The number of fused-ring (bicyclic) bond motifs is 1. The molecule has 2 nitrogen and oxygen atoms in total. The number of carbonyl (C=O) groups is 1. The largest absolute Gasteiger partial charge is 0.493 e. The van der Waals surface area contributed by atoms with Gasteiger partial charge in [-0.1, -0.05) is 6.07 Å². The van der Waals surface area contributed by atoms with Crippen molar-refractivity contribution < 1.29 is 9.53 Å². The molecule has 0 aromatic heterocycles. The molecule has 0 N–H and O–H groups in total. The predicted octanol–water partition coefficient (Wildman–Crippen LogP) is 2.39. The Morgan fingerprint density at radius 2 is 2.31 bits per heavy atom. The third-order valence-corrected chi connectivity index (χ3v) is 2.36. The molecular weight excluding hydrogens is 188 g/mol. The molecule has 0 amide bonds. The lowest BCUT2D eigenvalue weighted by Crippen LogP contribution is -2.08. The molecule has 0 unspecified atom stereocenters. The number of halogens is 1. The molecule has 13 heavy (non-hydrogen) atoms. The van der Waals surface area contributed by atoms with Gasteiger partial charge in [0.2, 0.25) is 0 Å². The van der Waals surface area contributed by atoms with Crippen LogP contribution in [0.5, 0.6) is 5.75 Å². The second kappa shape index (κ2) is 3.38. The maximum absolute atomic E-state index is 10.8. The molecule has 1 heterocycles. The molecule has 0 atom stereocenters. The van der Waals surface area contributed by atoms with Crippen molar-refractivity contribution in [3.05, 3.63) is 29.3 Å². The van der Waals surface area contributed by atoms with Gasteiger partial charge in [0.15, 0.2) is 0 Å². The van der Waals surface area contributed by atoms with E-state index >= 15 is 0 Å². The highest BCUT2D eigenvalue weighted by atomic mass is 35.5. The van der Waals surface area contributed by atoms with Crippen molar-refractivity contribution in [2.45, 2.75) is 12.8 Å². The van der Waals surface area contributed by atoms with E-state index in [4.69, 9.17) is 16.3 Å². The monoisotopic (exact) mass is 196 g/mol. The van der Waals surface area contributed by atoms with Crippen LogP contribution in [0, 0.1) is 0 Å². The van der Waals surface area contributed by atoms with Gasteiger partial charge in [-0.2, -0.15) is 0 Å². The highest BCUT2D eigenvalue weighted by Gasteiger charge is 2.12. The van der Waals surface area contributed by atoms with E-state index in [1.807, 2.05) is 6.07 Å². The van der Waals surface area contributed by atoms with Crippen LogP contribution in [0.25, 0.3) is 0 Å². The summed E-state index contributed by atoms with van der Waals surface area (Å²) in [7, 11) is 0. The van der Waals surface area contributed by atoms with Crippen molar-refractivity contribution in [1.29, 1.82) is 0 Å². The molecule has 0 spiro atoms. The fourth-order valence-corrected chi connectivity index (χ4v) is 1.58. The molecule has 0 saturated carbocycles. The minimum Gasteiger partial charge on any atom is -0.493 e. The molecule has 0 fully saturated rings. The smallest absolute Gasteiger partial charge is 0.252 e. The summed E-state index contributed by atoms with van der Waals surface area (Å²) in [6, 6.07) is 5.36. The van der Waals surface area contributed by atoms with E-state index in [0.29, 0.717) is 5.56 Å². The number of carbonyl (C=O) groups excluding carboxylic acids is 1. The highest BCUT2D eigenvalue weighted by Crippen LogP contribution is 2.26. The minimum absolute atomic E-state index is 0.433. The van der Waals surface area contributed by atoms with Crippen molar-refractivity contribution in [2.75, 3.05) is 6.61 Å². The molecule has 0 radical (unpaired) electrons. The van der Waals surface area contributed by atoms with Gasteiger partial charge in [-0.25, -0.2) is 0 Å². The lowest BCUT2D eigenvalue weighted by molar-refractivity contribution is 0.108. The number of hydrogen-bond donors (Lipinski definition) is 0. The van der Waals surface area contributed by atoms with Crippen LogP contribution in [0.3, 0.4) is 0 Å². The summed E-state index contributed by atoms with van der Waals surface area (Å²) >= 11 is 5.35. The van der Waals surface area contributed by atoms with E-state index in [1.165, 1.54) is 0 Å². The molecule has 1 aliphatic rings. The Bertz CT molecular complexity index is 347. The normalized spacial score (nSPS) is 14.5. The summed E-state index contributed by atoms with van der Waals surface area (Å²) < 4.78 is 5.40. The van der Waals surface area contributed by atoms with Crippen molar-refractivity contribution in [2.24, 2.45) is 0 Å². The van der Waals surface area contributed by atoms with Gasteiger partial charge in [0, 0.05) is 5.56 Å². The SMILES string of the molecule is O=C(Cl)c1ccc2c(c1)OCCC2. The molecular formula is C10H9ClO2. The second-order valence-electron chi connectivity index (χ2n) is 3.05. The Morgan fingerprint density at radius 3 is 3.08 bits per heavy atom. The van der Waals surface area contributed by atoms with Crippen LogP contribution in [0.4, 0.5) is 0 Å². The topological polar surface area (TPSA) is 26.3 Å². The molecule has 0 saturated heterocycles. The first-order valence-corrected chi connectivity index (χ1v) is 4.61. The first-order chi connectivity index (χ1) is 6.27. The third-order valence-electron chi connectivity index (χ3n) is 2.14. The zero-order chi connectivity index (χ0) is 9.26. The number of aryl methyl sites for hydroxylation is 1. The maximum Gasteiger partial charge on any atom is 0.252 e. The Balaban J connectivity index is 2.40. The number of benzene rings is 1. The molecule has 3 heteroatoms. The van der Waals surface area contributed by atoms with Crippen LogP contribution in [-0.4, -0.2) is 11.8 Å². The lowest BCUT2D eigenvalue weighted by Gasteiger charge is -2.16. The maximum atomic E-state index is 10.8. The zero-order valence-corrected chi connectivity index (χ0v) is 7.80. The van der Waals surface area contributed by atoms with Crippen molar-refractivity contribution in [3.63, 3.8) is 0 Å². The van der Waals surface area contributed by atoms with Crippen LogP contribution in [0.2, 0.25) is 0 Å². The zero-order valence-electron chi connectivity index (χ0n) is 7.05. The summed E-state index contributed by atoms with van der Waals surface area (Å²) in [4.78, 5) is 10.8. The van der Waals surface area contributed by atoms with E-state index in [9.17, 15) is 4.79 Å². The second-order valence-corrected chi connectivity index (χ2v) is 3.39. The summed E-state index contributed by atoms with van der Waals surface area (Å²) in [6.07, 6.45) is 2.06. The molecule has 1 aromatic rings. The van der Waals surface area contributed by atoms with Crippen molar-refractivity contribution in [1.82, 2.24) is 0 Å². The quantitative estimate of drug-likeness (QED) is 0.645. The van der Waals surface area contributed by atoms with Gasteiger partial charge in [0.1, 0.15) is 5.75 Å². The molecule has 0 bridgehead atoms. The fourth-order valence-electron chi connectivity index (χ4n) is 1.46. The predicted molar refractivity (Wildman–Crippen MR) is 50.4 cm³/mol. The van der Waals surface area contributed by atoms with Crippen LogP contribution in [0.1, 0.15) is 22.3 Å². The Labute approximate surface area is 81.5 Å². The van der Waals surface area contributed by atoms with Gasteiger partial charge in [0.05, 0.1) is 6.61 Å². The number of hydrogen-bond acceptors (Lipinski definition) is 2. The van der Waals surface area contributed by atoms with Gasteiger partial charge >= 0.3 is 0 Å². The summed E-state index contributed by atoms with van der Waals surface area (Å²) in [5, 5.41) is -0.433. The molecule has 68 valence electrons. The average molecular weight is 197 g/mol. The third kappa shape index (κ3) is 1.68. The van der Waals surface area contributed by atoms with Crippen LogP contribution in [0.15, 0.2) is 18.2 Å². The first kappa shape index (κ1) is 8.57. The van der Waals surface area contributed by atoms with Crippen LogP contribution >= 0.6 is 11.6 Å². The Kier molecular flexibility index (Phi) is 2.23. The number of rotatable bonds is 1. The van der Waals surface area contributed by atoms with Crippen molar-refractivity contribution >= 4 is 16.8 Å². The fraction of sp³-hybridized carbons (Fsp3) is 0.300. The van der Waals surface area contributed by atoms with Gasteiger partial charge in [0.25, 0.3) is 5.24 Å². The van der Waals surface area contributed by atoms with Gasteiger partial charge in [-0.15, -0.1) is 0 Å². The van der Waals surface area contributed by atoms with Crippen molar-refractivity contribution in [3.8, 4) is 5.75 Å². The van der Waals surface area contributed by atoms with E-state index in [2.05, 4.69) is 0 Å². The Morgan fingerprint density at radius 1 is 1.46 bits per heavy atom. The lowest BCUT2D eigenvalue weighted by atomic mass is 10.0. The molecule has 1 aliphatic heterocycles. The summed E-state index contributed by atoms with van der Waals surface area (Å²) in [5.74, 6) is 0.803. The first-order valence-electron chi connectivity index (χ1n) is 4.23. The van der Waals surface area contributed by atoms with Crippen LogP contribution < -0.4 is 4.74 Å². The van der Waals surface area contributed by atoms with Gasteiger partial charge in [-0.05, 0) is 42.1 Å².